The molecule has 1 aromatic rings. The molecule has 0 radical (unpaired) electrons. The minimum Gasteiger partial charge on any atom is -0.472 e. The van der Waals surface area contributed by atoms with Crippen molar-refractivity contribution in [1.82, 2.24) is 0 Å². The summed E-state index contributed by atoms with van der Waals surface area (Å²) in [5, 5.41) is 10.4. The van der Waals surface area contributed by atoms with Crippen molar-refractivity contribution in [2.75, 3.05) is 18.1 Å². The zero-order valence-corrected chi connectivity index (χ0v) is 11.3. The highest BCUT2D eigenvalue weighted by molar-refractivity contribution is 7.99. The third kappa shape index (κ3) is 2.46. The van der Waals surface area contributed by atoms with Gasteiger partial charge in [0, 0.05) is 12.2 Å². The first kappa shape index (κ1) is 12.6. The van der Waals surface area contributed by atoms with Crippen LogP contribution in [0.15, 0.2) is 23.0 Å². The molecule has 18 heavy (non-hydrogen) atoms. The molecule has 0 bridgehead atoms. The summed E-state index contributed by atoms with van der Waals surface area (Å²) in [7, 11) is 0. The lowest BCUT2D eigenvalue weighted by atomic mass is 9.78. The highest BCUT2D eigenvalue weighted by Crippen LogP contribution is 2.43. The Labute approximate surface area is 112 Å². The summed E-state index contributed by atoms with van der Waals surface area (Å²) in [5.74, 6) is 2.68. The summed E-state index contributed by atoms with van der Waals surface area (Å²) >= 11 is 2.01. The van der Waals surface area contributed by atoms with Gasteiger partial charge >= 0.3 is 0 Å². The molecule has 1 N–H and O–H groups in total. The van der Waals surface area contributed by atoms with Crippen LogP contribution in [-0.4, -0.2) is 28.8 Å². The Morgan fingerprint density at radius 2 is 2.22 bits per heavy atom. The Bertz CT molecular complexity index is 365. The average Bonchev–Trinajstić information content (AvgIpc) is 2.93. The van der Waals surface area contributed by atoms with E-state index >= 15 is 0 Å². The maximum Gasteiger partial charge on any atom is 0.0960 e. The number of hydrogen-bond donors (Lipinski definition) is 1. The molecule has 4 heteroatoms. The largest absolute Gasteiger partial charge is 0.472 e. The Hall–Kier alpha value is -0.450. The van der Waals surface area contributed by atoms with Crippen LogP contribution in [0, 0.1) is 5.92 Å². The molecule has 0 saturated carbocycles. The van der Waals surface area contributed by atoms with E-state index in [1.54, 1.807) is 12.5 Å². The molecule has 2 aliphatic heterocycles. The monoisotopic (exact) mass is 268 g/mol. The fourth-order valence-electron chi connectivity index (χ4n) is 3.14. The number of rotatable bonds is 2. The normalized spacial score (nSPS) is 29.3. The van der Waals surface area contributed by atoms with Gasteiger partial charge in [0.25, 0.3) is 0 Å². The molecule has 0 aliphatic carbocycles. The van der Waals surface area contributed by atoms with Crippen LogP contribution in [0.25, 0.3) is 0 Å². The highest BCUT2D eigenvalue weighted by Gasteiger charge is 2.41. The molecule has 1 aromatic heterocycles. The van der Waals surface area contributed by atoms with E-state index in [-0.39, 0.29) is 5.60 Å². The third-order valence-corrected chi connectivity index (χ3v) is 5.25. The van der Waals surface area contributed by atoms with Crippen molar-refractivity contribution in [2.24, 2.45) is 5.92 Å². The van der Waals surface area contributed by atoms with Crippen LogP contribution < -0.4 is 0 Å². The molecule has 2 saturated heterocycles. The van der Waals surface area contributed by atoms with Crippen LogP contribution in [0.4, 0.5) is 0 Å². The minimum absolute atomic E-state index is 0.0406. The van der Waals surface area contributed by atoms with Gasteiger partial charge in [0.2, 0.25) is 0 Å². The second kappa shape index (κ2) is 5.27. The van der Waals surface area contributed by atoms with Crippen LogP contribution in [0.5, 0.6) is 0 Å². The summed E-state index contributed by atoms with van der Waals surface area (Å²) in [6, 6.07) is 1.86. The molecule has 100 valence electrons. The van der Waals surface area contributed by atoms with E-state index in [4.69, 9.17) is 9.15 Å². The Balaban J connectivity index is 1.70. The van der Waals surface area contributed by atoms with Gasteiger partial charge in [-0.1, -0.05) is 0 Å². The van der Waals surface area contributed by atoms with Crippen molar-refractivity contribution < 1.29 is 14.3 Å². The summed E-state index contributed by atoms with van der Waals surface area (Å²) in [6.07, 6.45) is 7.08. The number of furan rings is 1. The van der Waals surface area contributed by atoms with Crippen LogP contribution in [0.1, 0.15) is 37.4 Å². The number of hydrogen-bond acceptors (Lipinski definition) is 4. The van der Waals surface area contributed by atoms with Gasteiger partial charge in [-0.3, -0.25) is 0 Å². The van der Waals surface area contributed by atoms with Gasteiger partial charge < -0.3 is 14.3 Å². The quantitative estimate of drug-likeness (QED) is 0.895. The van der Waals surface area contributed by atoms with Gasteiger partial charge in [-0.25, -0.2) is 0 Å². The van der Waals surface area contributed by atoms with Crippen molar-refractivity contribution in [3.05, 3.63) is 24.2 Å². The maximum absolute atomic E-state index is 10.4. The van der Waals surface area contributed by atoms with E-state index in [2.05, 4.69) is 0 Å². The van der Waals surface area contributed by atoms with Gasteiger partial charge in [0.15, 0.2) is 0 Å². The van der Waals surface area contributed by atoms with Gasteiger partial charge in [0.1, 0.15) is 0 Å². The van der Waals surface area contributed by atoms with Gasteiger partial charge in [-0.15, -0.1) is 0 Å². The van der Waals surface area contributed by atoms with Crippen molar-refractivity contribution >= 4 is 11.8 Å². The van der Waals surface area contributed by atoms with E-state index in [1.807, 2.05) is 17.8 Å². The topological polar surface area (TPSA) is 42.6 Å². The molecule has 2 unspecified atom stereocenters. The van der Waals surface area contributed by atoms with Crippen LogP contribution in [-0.2, 0) is 4.74 Å². The van der Waals surface area contributed by atoms with E-state index in [9.17, 15) is 5.11 Å². The molecule has 0 amide bonds. The highest BCUT2D eigenvalue weighted by atomic mass is 32.2. The number of aliphatic hydroxyl groups excluding tert-OH is 1. The predicted molar refractivity (Wildman–Crippen MR) is 71.6 cm³/mol. The molecule has 2 aliphatic rings. The van der Waals surface area contributed by atoms with E-state index < -0.39 is 6.10 Å². The van der Waals surface area contributed by atoms with Crippen LogP contribution in [0.3, 0.4) is 0 Å². The summed E-state index contributed by atoms with van der Waals surface area (Å²) in [6.45, 7) is 0.782. The smallest absolute Gasteiger partial charge is 0.0960 e. The van der Waals surface area contributed by atoms with Crippen LogP contribution in [0.2, 0.25) is 0 Å². The second-order valence-corrected chi connectivity index (χ2v) is 6.62. The first-order valence-electron chi connectivity index (χ1n) is 6.71. The van der Waals surface area contributed by atoms with Crippen molar-refractivity contribution in [2.45, 2.75) is 37.4 Å². The fourth-order valence-corrected chi connectivity index (χ4v) is 4.38. The van der Waals surface area contributed by atoms with E-state index in [1.165, 1.54) is 11.5 Å². The minimum atomic E-state index is -0.404. The Morgan fingerprint density at radius 3 is 2.94 bits per heavy atom. The Morgan fingerprint density at radius 1 is 1.39 bits per heavy atom. The van der Waals surface area contributed by atoms with E-state index in [0.29, 0.717) is 5.92 Å². The zero-order chi connectivity index (χ0) is 12.4. The van der Waals surface area contributed by atoms with Gasteiger partial charge in [0.05, 0.1) is 24.2 Å². The lowest BCUT2D eigenvalue weighted by Gasteiger charge is -2.44. The molecular weight excluding hydrogens is 248 g/mol. The number of ether oxygens (including phenoxy) is 1. The third-order valence-electron chi connectivity index (χ3n) is 4.27. The zero-order valence-electron chi connectivity index (χ0n) is 10.5. The molecule has 1 spiro atoms. The van der Waals surface area contributed by atoms with Crippen molar-refractivity contribution in [3.63, 3.8) is 0 Å². The summed E-state index contributed by atoms with van der Waals surface area (Å²) < 4.78 is 11.1. The molecular formula is C14H20O3S. The Kier molecular flexibility index (Phi) is 3.68. The number of aliphatic hydroxyl groups is 1. The summed E-state index contributed by atoms with van der Waals surface area (Å²) in [5.41, 5.74) is 0.945. The first-order valence-corrected chi connectivity index (χ1v) is 7.86. The van der Waals surface area contributed by atoms with Crippen LogP contribution >= 0.6 is 11.8 Å². The molecule has 2 atom stereocenters. The predicted octanol–water partition coefficient (Wildman–Crippen LogP) is 3.01. The standard InChI is InChI=1S/C14H20O3S/c15-13(12-1-5-16-10-12)11-2-6-17-14(9-11)3-7-18-8-4-14/h1,5,10-11,13,15H,2-4,6-9H2. The molecule has 3 heterocycles. The first-order chi connectivity index (χ1) is 8.79. The lowest BCUT2D eigenvalue weighted by Crippen LogP contribution is -2.44. The SMILES string of the molecule is OC(c1ccoc1)C1CCOC2(CCSCC2)C1. The van der Waals surface area contributed by atoms with Crippen molar-refractivity contribution in [3.8, 4) is 0 Å². The number of thioether (sulfide) groups is 1. The van der Waals surface area contributed by atoms with Gasteiger partial charge in [-0.2, -0.15) is 11.8 Å². The average molecular weight is 268 g/mol. The fraction of sp³-hybridized carbons (Fsp3) is 0.714. The molecule has 0 aromatic carbocycles. The molecule has 3 nitrogen and oxygen atoms in total. The van der Waals surface area contributed by atoms with Crippen molar-refractivity contribution in [1.29, 1.82) is 0 Å². The molecule has 3 rings (SSSR count). The summed E-state index contributed by atoms with van der Waals surface area (Å²) in [4.78, 5) is 0. The van der Waals surface area contributed by atoms with Gasteiger partial charge in [-0.05, 0) is 49.2 Å². The maximum atomic E-state index is 10.4. The second-order valence-electron chi connectivity index (χ2n) is 5.40. The van der Waals surface area contributed by atoms with E-state index in [0.717, 1.165) is 37.9 Å². The molecule has 2 fully saturated rings. The lowest BCUT2D eigenvalue weighted by molar-refractivity contribution is -0.121.